The lowest BCUT2D eigenvalue weighted by Gasteiger charge is -2.19. The van der Waals surface area contributed by atoms with E-state index in [0.29, 0.717) is 0 Å². The fourth-order valence-corrected chi connectivity index (χ4v) is 8.01. The van der Waals surface area contributed by atoms with Crippen LogP contribution >= 0.6 is 0 Å². The second kappa shape index (κ2) is 6.72. The van der Waals surface area contributed by atoms with Gasteiger partial charge < -0.3 is 0 Å². The third-order valence-corrected chi connectivity index (χ3v) is 10.0. The van der Waals surface area contributed by atoms with E-state index in [1.165, 1.54) is 26.9 Å². The van der Waals surface area contributed by atoms with E-state index in [4.69, 9.17) is 9.97 Å². The quantitative estimate of drug-likeness (QED) is 0.343. The van der Waals surface area contributed by atoms with Crippen LogP contribution in [-0.2, 0) is 0 Å². The Hall–Kier alpha value is -3.56. The maximum Gasteiger partial charge on any atom is 0.160 e. The van der Waals surface area contributed by atoms with Crippen molar-refractivity contribution in [3.05, 3.63) is 97.1 Å². The molecule has 3 heteroatoms. The molecule has 0 saturated carbocycles. The van der Waals surface area contributed by atoms with Crippen molar-refractivity contribution < 1.29 is 0 Å². The van der Waals surface area contributed by atoms with Gasteiger partial charge in [-0.3, -0.25) is 0 Å². The average Bonchev–Trinajstić information content (AvgIpc) is 3.06. The van der Waals surface area contributed by atoms with Gasteiger partial charge in [0.05, 0.1) is 11.2 Å². The van der Waals surface area contributed by atoms with Crippen molar-refractivity contribution in [3.63, 3.8) is 0 Å². The SMILES string of the molecule is C[Si]1(C)c2ccccc2-c2c1ccc1nc(-c3ccccc3)nc(-c3ccccc3)c21. The topological polar surface area (TPSA) is 25.8 Å². The summed E-state index contributed by atoms with van der Waals surface area (Å²) in [5.41, 5.74) is 6.88. The molecule has 0 radical (unpaired) electrons. The first-order chi connectivity index (χ1) is 15.1. The molecule has 0 saturated heterocycles. The molecule has 2 heterocycles. The smallest absolute Gasteiger partial charge is 0.160 e. The molecule has 0 amide bonds. The largest absolute Gasteiger partial charge is 0.228 e. The summed E-state index contributed by atoms with van der Waals surface area (Å²) in [5, 5.41) is 4.16. The van der Waals surface area contributed by atoms with Crippen molar-refractivity contribution in [1.29, 1.82) is 0 Å². The molecule has 1 aliphatic heterocycles. The van der Waals surface area contributed by atoms with E-state index in [1.807, 2.05) is 18.2 Å². The number of benzene rings is 4. The van der Waals surface area contributed by atoms with Gasteiger partial charge in [-0.1, -0.05) is 104 Å². The molecule has 0 fully saturated rings. The minimum Gasteiger partial charge on any atom is -0.228 e. The molecule has 31 heavy (non-hydrogen) atoms. The number of hydrogen-bond acceptors (Lipinski definition) is 2. The first-order valence-corrected chi connectivity index (χ1v) is 13.7. The van der Waals surface area contributed by atoms with E-state index in [-0.39, 0.29) is 0 Å². The Bertz CT molecular complexity index is 1440. The molecule has 0 N–H and O–H groups in total. The lowest BCUT2D eigenvalue weighted by Crippen LogP contribution is -2.49. The van der Waals surface area contributed by atoms with E-state index >= 15 is 0 Å². The van der Waals surface area contributed by atoms with Crippen molar-refractivity contribution in [2.45, 2.75) is 13.1 Å². The Kier molecular flexibility index (Phi) is 3.95. The zero-order valence-corrected chi connectivity index (χ0v) is 18.6. The zero-order valence-electron chi connectivity index (χ0n) is 17.6. The van der Waals surface area contributed by atoms with Crippen LogP contribution in [0, 0.1) is 0 Å². The normalized spacial score (nSPS) is 13.7. The number of nitrogens with zero attached hydrogens (tertiary/aromatic N) is 2. The molecule has 5 aromatic rings. The summed E-state index contributed by atoms with van der Waals surface area (Å²) in [7, 11) is -1.76. The van der Waals surface area contributed by atoms with Gasteiger partial charge in [-0.2, -0.15) is 0 Å². The summed E-state index contributed by atoms with van der Waals surface area (Å²) in [6.45, 7) is 4.90. The molecule has 0 bridgehead atoms. The lowest BCUT2D eigenvalue weighted by molar-refractivity contribution is 1.23. The van der Waals surface area contributed by atoms with Crippen LogP contribution in [0.25, 0.3) is 44.7 Å². The van der Waals surface area contributed by atoms with Crippen molar-refractivity contribution in [3.8, 4) is 33.8 Å². The second-order valence-corrected chi connectivity index (χ2v) is 13.0. The van der Waals surface area contributed by atoms with E-state index < -0.39 is 8.07 Å². The Morgan fingerprint density at radius 1 is 0.581 bits per heavy atom. The highest BCUT2D eigenvalue weighted by Crippen LogP contribution is 2.39. The Labute approximate surface area is 183 Å². The van der Waals surface area contributed by atoms with Crippen LogP contribution in [0.1, 0.15) is 0 Å². The van der Waals surface area contributed by atoms with Gasteiger partial charge in [-0.25, -0.2) is 9.97 Å². The first-order valence-electron chi connectivity index (χ1n) is 10.7. The van der Waals surface area contributed by atoms with Crippen molar-refractivity contribution in [2.75, 3.05) is 0 Å². The summed E-state index contributed by atoms with van der Waals surface area (Å²) in [6.07, 6.45) is 0. The molecular formula is C28H22N2Si. The molecule has 6 rings (SSSR count). The highest BCUT2D eigenvalue weighted by molar-refractivity contribution is 7.04. The van der Waals surface area contributed by atoms with Gasteiger partial charge in [-0.15, -0.1) is 0 Å². The summed E-state index contributed by atoms with van der Waals surface area (Å²) >= 11 is 0. The second-order valence-electron chi connectivity index (χ2n) is 8.68. The molecule has 1 aliphatic rings. The number of rotatable bonds is 2. The first kappa shape index (κ1) is 18.2. The Balaban J connectivity index is 1.76. The third-order valence-electron chi connectivity index (χ3n) is 6.49. The van der Waals surface area contributed by atoms with Crippen LogP contribution in [0.15, 0.2) is 97.1 Å². The minimum absolute atomic E-state index is 0.773. The van der Waals surface area contributed by atoms with Crippen molar-refractivity contribution >= 4 is 29.4 Å². The molecular weight excluding hydrogens is 392 g/mol. The molecule has 0 spiro atoms. The zero-order chi connectivity index (χ0) is 21.0. The van der Waals surface area contributed by atoms with E-state index in [9.17, 15) is 0 Å². The molecule has 0 atom stereocenters. The fourth-order valence-electron chi connectivity index (χ4n) is 4.94. The summed E-state index contributed by atoms with van der Waals surface area (Å²) in [4.78, 5) is 10.2. The van der Waals surface area contributed by atoms with Crippen molar-refractivity contribution in [1.82, 2.24) is 9.97 Å². The van der Waals surface area contributed by atoms with E-state index in [2.05, 4.69) is 92.0 Å². The highest BCUT2D eigenvalue weighted by atomic mass is 28.3. The molecule has 0 unspecified atom stereocenters. The van der Waals surface area contributed by atoms with Crippen LogP contribution in [0.5, 0.6) is 0 Å². The molecule has 2 nitrogen and oxygen atoms in total. The van der Waals surface area contributed by atoms with Gasteiger partial charge in [0.1, 0.15) is 8.07 Å². The lowest BCUT2D eigenvalue weighted by atomic mass is 9.96. The monoisotopic (exact) mass is 414 g/mol. The maximum atomic E-state index is 5.14. The Morgan fingerprint density at radius 2 is 1.23 bits per heavy atom. The Morgan fingerprint density at radius 3 is 1.97 bits per heavy atom. The van der Waals surface area contributed by atoms with Crippen LogP contribution in [0.2, 0.25) is 13.1 Å². The van der Waals surface area contributed by atoms with Gasteiger partial charge in [-0.05, 0) is 27.6 Å². The minimum atomic E-state index is -1.76. The highest BCUT2D eigenvalue weighted by Gasteiger charge is 2.38. The molecule has 4 aromatic carbocycles. The van der Waals surface area contributed by atoms with Crippen LogP contribution < -0.4 is 10.4 Å². The molecule has 148 valence electrons. The maximum absolute atomic E-state index is 5.14. The van der Waals surface area contributed by atoms with Crippen LogP contribution in [-0.4, -0.2) is 18.0 Å². The van der Waals surface area contributed by atoms with Gasteiger partial charge in [0.25, 0.3) is 0 Å². The van der Waals surface area contributed by atoms with Gasteiger partial charge in [0.15, 0.2) is 5.82 Å². The fraction of sp³-hybridized carbons (Fsp3) is 0.0714. The summed E-state index contributed by atoms with van der Waals surface area (Å²) < 4.78 is 0. The standard InChI is InChI=1S/C28H22N2Si/c1-31(2)23-16-10-9-15-21(23)25-24(31)18-17-22-26(25)27(19-11-5-3-6-12-19)30-28(29-22)20-13-7-4-8-14-20/h3-18H,1-2H3. The molecule has 1 aromatic heterocycles. The van der Waals surface area contributed by atoms with Crippen molar-refractivity contribution in [2.24, 2.45) is 0 Å². The van der Waals surface area contributed by atoms with Gasteiger partial charge in [0.2, 0.25) is 0 Å². The number of aromatic nitrogens is 2. The van der Waals surface area contributed by atoms with Gasteiger partial charge >= 0.3 is 0 Å². The van der Waals surface area contributed by atoms with E-state index in [1.54, 1.807) is 0 Å². The number of hydrogen-bond donors (Lipinski definition) is 0. The molecule has 0 aliphatic carbocycles. The number of fused-ring (bicyclic) bond motifs is 5. The van der Waals surface area contributed by atoms with E-state index in [0.717, 1.165) is 28.2 Å². The summed E-state index contributed by atoms with van der Waals surface area (Å²) in [5.74, 6) is 0.773. The predicted octanol–water partition coefficient (Wildman–Crippen LogP) is 5.77. The third kappa shape index (κ3) is 2.70. The summed E-state index contributed by atoms with van der Waals surface area (Å²) in [6, 6.07) is 34.2. The van der Waals surface area contributed by atoms with Gasteiger partial charge in [0, 0.05) is 16.5 Å². The van der Waals surface area contributed by atoms with Crippen LogP contribution in [0.3, 0.4) is 0 Å². The predicted molar refractivity (Wildman–Crippen MR) is 133 cm³/mol. The van der Waals surface area contributed by atoms with Crippen LogP contribution in [0.4, 0.5) is 0 Å². The average molecular weight is 415 g/mol.